The van der Waals surface area contributed by atoms with Crippen LogP contribution < -0.4 is 9.47 Å². The smallest absolute Gasteiger partial charge is 0.290 e. The SMILES string of the molecule is COc1ccc([C@H]2C(C(C)=O)=C(O)C(=O)N2CC#N)cc1OC. The van der Waals surface area contributed by atoms with Crippen molar-refractivity contribution in [3.8, 4) is 17.6 Å². The van der Waals surface area contributed by atoms with Crippen molar-refractivity contribution in [3.63, 3.8) is 0 Å². The average molecular weight is 316 g/mol. The van der Waals surface area contributed by atoms with E-state index in [-0.39, 0.29) is 12.1 Å². The molecule has 1 aliphatic heterocycles. The number of nitrogens with zero attached hydrogens (tertiary/aromatic N) is 2. The Balaban J connectivity index is 2.59. The van der Waals surface area contributed by atoms with E-state index in [0.29, 0.717) is 17.1 Å². The van der Waals surface area contributed by atoms with Crippen LogP contribution in [-0.2, 0) is 9.59 Å². The van der Waals surface area contributed by atoms with Crippen LogP contribution in [0.5, 0.6) is 11.5 Å². The molecule has 0 aromatic heterocycles. The maximum Gasteiger partial charge on any atom is 0.290 e. The fraction of sp³-hybridized carbons (Fsp3) is 0.312. The normalized spacial score (nSPS) is 17.2. The molecule has 0 unspecified atom stereocenters. The molecule has 120 valence electrons. The summed E-state index contributed by atoms with van der Waals surface area (Å²) in [6, 6.07) is 5.94. The molecule has 1 aliphatic rings. The van der Waals surface area contributed by atoms with Crippen LogP contribution in [0.3, 0.4) is 0 Å². The van der Waals surface area contributed by atoms with Crippen LogP contribution in [0.4, 0.5) is 0 Å². The van der Waals surface area contributed by atoms with Crippen LogP contribution in [0.1, 0.15) is 18.5 Å². The van der Waals surface area contributed by atoms with Crippen molar-refractivity contribution in [1.82, 2.24) is 4.90 Å². The van der Waals surface area contributed by atoms with Crippen molar-refractivity contribution < 1.29 is 24.2 Å². The van der Waals surface area contributed by atoms with Gasteiger partial charge in [0.1, 0.15) is 6.54 Å². The molecule has 23 heavy (non-hydrogen) atoms. The molecule has 1 heterocycles. The lowest BCUT2D eigenvalue weighted by molar-refractivity contribution is -0.128. The molecule has 0 aliphatic carbocycles. The van der Waals surface area contributed by atoms with E-state index in [4.69, 9.17) is 14.7 Å². The lowest BCUT2D eigenvalue weighted by Crippen LogP contribution is -2.31. The topological polar surface area (TPSA) is 99.9 Å². The van der Waals surface area contributed by atoms with Crippen LogP contribution >= 0.6 is 0 Å². The highest BCUT2D eigenvalue weighted by Crippen LogP contribution is 2.40. The number of ether oxygens (including phenoxy) is 2. The molecule has 0 saturated heterocycles. The second kappa shape index (κ2) is 6.40. The summed E-state index contributed by atoms with van der Waals surface area (Å²) < 4.78 is 10.4. The van der Waals surface area contributed by atoms with Gasteiger partial charge >= 0.3 is 0 Å². The van der Waals surface area contributed by atoms with E-state index in [9.17, 15) is 14.7 Å². The zero-order valence-corrected chi connectivity index (χ0v) is 13.0. The highest BCUT2D eigenvalue weighted by Gasteiger charge is 2.42. The average Bonchev–Trinajstić information content (AvgIpc) is 2.79. The van der Waals surface area contributed by atoms with E-state index in [1.165, 1.54) is 21.1 Å². The Morgan fingerprint density at radius 3 is 2.52 bits per heavy atom. The zero-order valence-electron chi connectivity index (χ0n) is 13.0. The highest BCUT2D eigenvalue weighted by molar-refractivity contribution is 6.08. The summed E-state index contributed by atoms with van der Waals surface area (Å²) in [6.07, 6.45) is 0. The molecule has 0 bridgehead atoms. The first kappa shape index (κ1) is 16.4. The standard InChI is InChI=1S/C16H16N2O5/c1-9(19)13-14(18(7-6-17)16(21)15(13)20)10-4-5-11(22-2)12(8-10)23-3/h4-5,8,14,20H,7H2,1-3H3/t14-/m0/s1. The van der Waals surface area contributed by atoms with Gasteiger partial charge in [-0.1, -0.05) is 6.07 Å². The number of carbonyl (C=O) groups excluding carboxylic acids is 2. The minimum Gasteiger partial charge on any atom is -0.503 e. The van der Waals surface area contributed by atoms with E-state index in [2.05, 4.69) is 0 Å². The first-order valence-electron chi connectivity index (χ1n) is 6.80. The highest BCUT2D eigenvalue weighted by atomic mass is 16.5. The van der Waals surface area contributed by atoms with E-state index >= 15 is 0 Å². The maximum absolute atomic E-state index is 12.1. The second-order valence-corrected chi connectivity index (χ2v) is 4.93. The molecule has 2 rings (SSSR count). The number of aliphatic hydroxyl groups excluding tert-OH is 1. The Labute approximate surface area is 133 Å². The monoisotopic (exact) mass is 316 g/mol. The van der Waals surface area contributed by atoms with E-state index in [1.54, 1.807) is 18.2 Å². The van der Waals surface area contributed by atoms with Gasteiger partial charge in [0, 0.05) is 0 Å². The van der Waals surface area contributed by atoms with Gasteiger partial charge in [0.25, 0.3) is 5.91 Å². The Bertz CT molecular complexity index is 732. The fourth-order valence-electron chi connectivity index (χ4n) is 2.62. The summed E-state index contributed by atoms with van der Waals surface area (Å²) in [7, 11) is 2.96. The number of rotatable bonds is 5. The summed E-state index contributed by atoms with van der Waals surface area (Å²) >= 11 is 0. The lowest BCUT2D eigenvalue weighted by Gasteiger charge is -2.24. The molecule has 0 spiro atoms. The third kappa shape index (κ3) is 2.71. The van der Waals surface area contributed by atoms with Gasteiger partial charge in [-0.2, -0.15) is 5.26 Å². The van der Waals surface area contributed by atoms with Crippen LogP contribution in [-0.4, -0.2) is 42.5 Å². The fourth-order valence-corrected chi connectivity index (χ4v) is 2.62. The number of aliphatic hydroxyl groups is 1. The van der Waals surface area contributed by atoms with E-state index in [1.807, 2.05) is 6.07 Å². The molecule has 1 atom stereocenters. The first-order chi connectivity index (χ1) is 11.0. The van der Waals surface area contributed by atoms with Crippen molar-refractivity contribution in [2.45, 2.75) is 13.0 Å². The van der Waals surface area contributed by atoms with Gasteiger partial charge in [0.15, 0.2) is 23.0 Å². The minimum atomic E-state index is -0.834. The molecule has 1 aromatic carbocycles. The number of methoxy groups -OCH3 is 2. The summed E-state index contributed by atoms with van der Waals surface area (Å²) in [5.41, 5.74) is 0.512. The number of benzene rings is 1. The van der Waals surface area contributed by atoms with E-state index < -0.39 is 23.5 Å². The number of amides is 1. The second-order valence-electron chi connectivity index (χ2n) is 4.93. The first-order valence-corrected chi connectivity index (χ1v) is 6.80. The quantitative estimate of drug-likeness (QED) is 0.827. The van der Waals surface area contributed by atoms with Crippen molar-refractivity contribution in [3.05, 3.63) is 35.1 Å². The van der Waals surface area contributed by atoms with Gasteiger partial charge in [-0.3, -0.25) is 9.59 Å². The molecule has 7 nitrogen and oxygen atoms in total. The maximum atomic E-state index is 12.1. The van der Waals surface area contributed by atoms with Gasteiger partial charge < -0.3 is 19.5 Å². The van der Waals surface area contributed by atoms with Crippen molar-refractivity contribution >= 4 is 11.7 Å². The number of hydrogen-bond acceptors (Lipinski definition) is 6. The lowest BCUT2D eigenvalue weighted by atomic mass is 9.96. The number of Topliss-reactive ketones (excluding diaryl/α,β-unsaturated/α-hetero) is 1. The van der Waals surface area contributed by atoms with Crippen molar-refractivity contribution in [2.75, 3.05) is 20.8 Å². The Morgan fingerprint density at radius 1 is 1.35 bits per heavy atom. The summed E-state index contributed by atoms with van der Waals surface area (Å²) in [6.45, 7) is 1.02. The van der Waals surface area contributed by atoms with Crippen LogP contribution in [0.25, 0.3) is 0 Å². The largest absolute Gasteiger partial charge is 0.503 e. The predicted octanol–water partition coefficient (Wildman–Crippen LogP) is 1.51. The summed E-state index contributed by atoms with van der Waals surface area (Å²) in [4.78, 5) is 25.2. The molecule has 0 radical (unpaired) electrons. The van der Waals surface area contributed by atoms with Crippen molar-refractivity contribution in [2.24, 2.45) is 0 Å². The number of carbonyl (C=O) groups is 2. The van der Waals surface area contributed by atoms with Gasteiger partial charge in [-0.25, -0.2) is 0 Å². The van der Waals surface area contributed by atoms with Gasteiger partial charge in [-0.15, -0.1) is 0 Å². The Hall–Kier alpha value is -3.01. The van der Waals surface area contributed by atoms with Gasteiger partial charge in [0.2, 0.25) is 0 Å². The molecule has 0 saturated carbocycles. The molecule has 1 amide bonds. The summed E-state index contributed by atoms with van der Waals surface area (Å²) in [5, 5.41) is 18.9. The molecule has 7 heteroatoms. The third-order valence-corrected chi connectivity index (χ3v) is 3.65. The van der Waals surface area contributed by atoms with Crippen LogP contribution in [0.15, 0.2) is 29.5 Å². The Kier molecular flexibility index (Phi) is 4.55. The molecular formula is C16H16N2O5. The predicted molar refractivity (Wildman–Crippen MR) is 79.9 cm³/mol. The van der Waals surface area contributed by atoms with Crippen LogP contribution in [0.2, 0.25) is 0 Å². The molecule has 0 fully saturated rings. The van der Waals surface area contributed by atoms with Crippen molar-refractivity contribution in [1.29, 1.82) is 5.26 Å². The van der Waals surface area contributed by atoms with E-state index in [0.717, 1.165) is 4.90 Å². The van der Waals surface area contributed by atoms with Gasteiger partial charge in [0.05, 0.1) is 31.9 Å². The molecular weight excluding hydrogens is 300 g/mol. The third-order valence-electron chi connectivity index (χ3n) is 3.65. The van der Waals surface area contributed by atoms with Crippen LogP contribution in [0, 0.1) is 11.3 Å². The number of ketones is 1. The van der Waals surface area contributed by atoms with Gasteiger partial charge in [-0.05, 0) is 24.6 Å². The number of nitriles is 1. The zero-order chi connectivity index (χ0) is 17.1. The number of hydrogen-bond donors (Lipinski definition) is 1. The Morgan fingerprint density at radius 2 is 2.00 bits per heavy atom. The molecule has 1 aromatic rings. The molecule has 1 N–H and O–H groups in total. The summed E-state index contributed by atoms with van der Waals surface area (Å²) in [5.74, 6) is -0.881. The minimum absolute atomic E-state index is 0.0301.